The van der Waals surface area contributed by atoms with Gasteiger partial charge in [-0.2, -0.15) is 0 Å². The molecule has 0 radical (unpaired) electrons. The van der Waals surface area contributed by atoms with E-state index in [-0.39, 0.29) is 41.0 Å². The zero-order valence-electron chi connectivity index (χ0n) is 19.3. The van der Waals surface area contributed by atoms with E-state index in [0.717, 1.165) is 17.5 Å². The number of nitrogens with zero attached hydrogens (tertiary/aromatic N) is 1. The van der Waals surface area contributed by atoms with Crippen molar-refractivity contribution in [3.05, 3.63) is 70.8 Å². The van der Waals surface area contributed by atoms with Crippen LogP contribution >= 0.6 is 0 Å². The molecule has 2 aromatic carbocycles. The SMILES string of the molecule is CC1=C[C@H]2C[C@H]1[C@@H]1C(=O)N(c3cccc(C(=O)OCC(=O)Nc4ccc(C)c(C)c4)c3)C(=O)[C@H]12. The van der Waals surface area contributed by atoms with Crippen LogP contribution in [0.4, 0.5) is 11.4 Å². The summed E-state index contributed by atoms with van der Waals surface area (Å²) in [5.74, 6) is -1.95. The number of benzene rings is 2. The van der Waals surface area contributed by atoms with Crippen molar-refractivity contribution in [1.29, 1.82) is 0 Å². The summed E-state index contributed by atoms with van der Waals surface area (Å²) >= 11 is 0. The molecule has 174 valence electrons. The van der Waals surface area contributed by atoms with E-state index in [1.54, 1.807) is 18.2 Å². The number of carbonyl (C=O) groups is 4. The van der Waals surface area contributed by atoms with Crippen LogP contribution in [0.1, 0.15) is 34.8 Å². The lowest BCUT2D eigenvalue weighted by molar-refractivity contribution is -0.123. The number of imide groups is 1. The standard InChI is InChI=1S/C27H26N2O5/c1-14-7-8-19(10-15(14)2)28-22(30)13-34-27(33)17-5-4-6-20(11-17)29-25(31)23-18-9-16(3)21(12-18)24(23)26(29)32/h4-11,18,21,23-24H,12-13H2,1-3H3,(H,28,30)/t18-,21+,23-,24-/m0/s1. The van der Waals surface area contributed by atoms with Crippen LogP contribution in [0.5, 0.6) is 0 Å². The van der Waals surface area contributed by atoms with E-state index in [9.17, 15) is 19.2 Å². The highest BCUT2D eigenvalue weighted by Gasteiger charge is 2.60. The van der Waals surface area contributed by atoms with Gasteiger partial charge in [-0.15, -0.1) is 0 Å². The molecule has 34 heavy (non-hydrogen) atoms. The third-order valence-electron chi connectivity index (χ3n) is 7.35. The maximum absolute atomic E-state index is 13.2. The molecule has 1 aliphatic heterocycles. The minimum Gasteiger partial charge on any atom is -0.452 e. The Balaban J connectivity index is 1.25. The summed E-state index contributed by atoms with van der Waals surface area (Å²) in [5.41, 5.74) is 4.50. The fraction of sp³-hybridized carbons (Fsp3) is 0.333. The summed E-state index contributed by atoms with van der Waals surface area (Å²) in [6, 6.07) is 11.8. The Morgan fingerprint density at radius 2 is 1.76 bits per heavy atom. The second kappa shape index (κ2) is 8.24. The average Bonchev–Trinajstić information content (AvgIpc) is 3.45. The van der Waals surface area contributed by atoms with Gasteiger partial charge >= 0.3 is 5.97 Å². The van der Waals surface area contributed by atoms with Gasteiger partial charge in [-0.25, -0.2) is 9.69 Å². The summed E-state index contributed by atoms with van der Waals surface area (Å²) in [6.45, 7) is 5.50. The van der Waals surface area contributed by atoms with Crippen LogP contribution in [0.2, 0.25) is 0 Å². The molecule has 1 saturated carbocycles. The fourth-order valence-corrected chi connectivity index (χ4v) is 5.53. The van der Waals surface area contributed by atoms with Gasteiger partial charge in [-0.3, -0.25) is 14.4 Å². The number of amides is 3. The summed E-state index contributed by atoms with van der Waals surface area (Å²) in [7, 11) is 0. The van der Waals surface area contributed by atoms with Crippen LogP contribution in [0, 0.1) is 37.5 Å². The van der Waals surface area contributed by atoms with Crippen molar-refractivity contribution >= 4 is 35.1 Å². The number of nitrogens with one attached hydrogen (secondary N) is 1. The molecule has 2 fully saturated rings. The van der Waals surface area contributed by atoms with Gasteiger partial charge in [0, 0.05) is 5.69 Å². The number of carbonyl (C=O) groups excluding carboxylic acids is 4. The van der Waals surface area contributed by atoms with Crippen molar-refractivity contribution in [3.63, 3.8) is 0 Å². The van der Waals surface area contributed by atoms with Crippen molar-refractivity contribution in [2.45, 2.75) is 27.2 Å². The van der Waals surface area contributed by atoms with Crippen molar-refractivity contribution in [2.75, 3.05) is 16.8 Å². The highest BCUT2D eigenvalue weighted by molar-refractivity contribution is 6.23. The Labute approximate surface area is 197 Å². The molecule has 1 heterocycles. The lowest BCUT2D eigenvalue weighted by Crippen LogP contribution is -2.33. The molecule has 1 saturated heterocycles. The first-order valence-electron chi connectivity index (χ1n) is 11.4. The Morgan fingerprint density at radius 3 is 2.53 bits per heavy atom. The number of fused-ring (bicyclic) bond motifs is 5. The van der Waals surface area contributed by atoms with Gasteiger partial charge < -0.3 is 10.1 Å². The van der Waals surface area contributed by atoms with E-state index in [4.69, 9.17) is 4.74 Å². The minimum atomic E-state index is -0.700. The molecule has 5 rings (SSSR count). The first-order chi connectivity index (χ1) is 16.2. The monoisotopic (exact) mass is 458 g/mol. The summed E-state index contributed by atoms with van der Waals surface area (Å²) in [4.78, 5) is 52.3. The van der Waals surface area contributed by atoms with Crippen LogP contribution in [-0.2, 0) is 19.1 Å². The lowest BCUT2D eigenvalue weighted by atomic mass is 9.82. The van der Waals surface area contributed by atoms with Crippen molar-refractivity contribution in [3.8, 4) is 0 Å². The Kier molecular flexibility index (Phi) is 5.35. The smallest absolute Gasteiger partial charge is 0.338 e. The quantitative estimate of drug-likeness (QED) is 0.418. The number of ether oxygens (including phenoxy) is 1. The number of rotatable bonds is 5. The third kappa shape index (κ3) is 3.61. The van der Waals surface area contributed by atoms with Gasteiger partial charge in [-0.1, -0.05) is 23.8 Å². The zero-order chi connectivity index (χ0) is 24.1. The minimum absolute atomic E-state index is 0.112. The number of aryl methyl sites for hydroxylation is 2. The van der Waals surface area contributed by atoms with Gasteiger partial charge in [-0.05, 0) is 80.5 Å². The predicted molar refractivity (Wildman–Crippen MR) is 126 cm³/mol. The molecule has 4 atom stereocenters. The van der Waals surface area contributed by atoms with Crippen LogP contribution < -0.4 is 10.2 Å². The van der Waals surface area contributed by atoms with Gasteiger partial charge in [0.15, 0.2) is 6.61 Å². The molecule has 0 aromatic heterocycles. The highest BCUT2D eigenvalue weighted by atomic mass is 16.5. The molecule has 1 N–H and O–H groups in total. The number of allylic oxidation sites excluding steroid dienone is 2. The Bertz CT molecular complexity index is 1260. The van der Waals surface area contributed by atoms with Gasteiger partial charge in [0.25, 0.3) is 5.91 Å². The van der Waals surface area contributed by atoms with Crippen LogP contribution in [0.25, 0.3) is 0 Å². The van der Waals surface area contributed by atoms with Crippen molar-refractivity contribution < 1.29 is 23.9 Å². The van der Waals surface area contributed by atoms with E-state index >= 15 is 0 Å². The zero-order valence-corrected chi connectivity index (χ0v) is 19.3. The third-order valence-corrected chi connectivity index (χ3v) is 7.35. The number of hydrogen-bond acceptors (Lipinski definition) is 5. The molecule has 2 aromatic rings. The first-order valence-corrected chi connectivity index (χ1v) is 11.4. The lowest BCUT2D eigenvalue weighted by Gasteiger charge is -2.19. The first kappa shape index (κ1) is 22.1. The maximum Gasteiger partial charge on any atom is 0.338 e. The molecule has 3 amide bonds. The van der Waals surface area contributed by atoms with E-state index < -0.39 is 18.5 Å². The maximum atomic E-state index is 13.2. The molecule has 0 unspecified atom stereocenters. The van der Waals surface area contributed by atoms with Gasteiger partial charge in [0.1, 0.15) is 0 Å². The normalized spacial score (nSPS) is 24.8. The predicted octanol–water partition coefficient (Wildman–Crippen LogP) is 3.80. The largest absolute Gasteiger partial charge is 0.452 e. The summed E-state index contributed by atoms with van der Waals surface area (Å²) in [6.07, 6.45) is 2.99. The van der Waals surface area contributed by atoms with Crippen LogP contribution in [-0.4, -0.2) is 30.3 Å². The number of anilines is 2. The molecule has 2 aliphatic carbocycles. The van der Waals surface area contributed by atoms with E-state index in [2.05, 4.69) is 11.4 Å². The second-order valence-corrected chi connectivity index (χ2v) is 9.45. The topological polar surface area (TPSA) is 92.8 Å². The highest BCUT2D eigenvalue weighted by Crippen LogP contribution is 2.55. The second-order valence-electron chi connectivity index (χ2n) is 9.45. The Morgan fingerprint density at radius 1 is 1.00 bits per heavy atom. The van der Waals surface area contributed by atoms with E-state index in [1.165, 1.54) is 22.6 Å². The van der Waals surface area contributed by atoms with Crippen LogP contribution in [0.3, 0.4) is 0 Å². The molecule has 0 spiro atoms. The van der Waals surface area contributed by atoms with Crippen LogP contribution in [0.15, 0.2) is 54.1 Å². The van der Waals surface area contributed by atoms with Gasteiger partial charge in [0.2, 0.25) is 11.8 Å². The molecule has 3 aliphatic rings. The van der Waals surface area contributed by atoms with Gasteiger partial charge in [0.05, 0.1) is 23.1 Å². The summed E-state index contributed by atoms with van der Waals surface area (Å²) in [5, 5.41) is 2.71. The fourth-order valence-electron chi connectivity index (χ4n) is 5.53. The Hall–Kier alpha value is -3.74. The van der Waals surface area contributed by atoms with Crippen molar-refractivity contribution in [1.82, 2.24) is 0 Å². The molecule has 7 nitrogen and oxygen atoms in total. The molecular formula is C27H26N2O5. The van der Waals surface area contributed by atoms with Crippen molar-refractivity contribution in [2.24, 2.45) is 23.7 Å². The summed E-state index contributed by atoms with van der Waals surface area (Å²) < 4.78 is 5.17. The number of esters is 1. The number of hydrogen-bond donors (Lipinski definition) is 1. The van der Waals surface area contributed by atoms with E-state index in [1.807, 2.05) is 32.9 Å². The average molecular weight is 459 g/mol. The molecular weight excluding hydrogens is 432 g/mol. The molecule has 7 heteroatoms. The molecule has 2 bridgehead atoms. The van der Waals surface area contributed by atoms with E-state index in [0.29, 0.717) is 11.4 Å².